The number of hydrogen-bond donors (Lipinski definition) is 2. The van der Waals surface area contributed by atoms with E-state index in [-0.39, 0.29) is 19.1 Å². The quantitative estimate of drug-likeness (QED) is 0.776. The summed E-state index contributed by atoms with van der Waals surface area (Å²) in [4.78, 5) is 0. The minimum Gasteiger partial charge on any atom is -0.493 e. The number of aliphatic hydroxyl groups is 2. The molecule has 0 heterocycles. The number of alkyl halides is 3. The molecule has 21 heavy (non-hydrogen) atoms. The van der Waals surface area contributed by atoms with Crippen molar-refractivity contribution < 1.29 is 28.1 Å². The number of benzene rings is 1. The van der Waals surface area contributed by atoms with Crippen molar-refractivity contribution in [2.75, 3.05) is 19.8 Å². The first-order valence-corrected chi connectivity index (χ1v) is 6.97. The number of rotatable bonds is 8. The summed E-state index contributed by atoms with van der Waals surface area (Å²) < 4.78 is 43.7. The Kier molecular flexibility index (Phi) is 6.98. The monoisotopic (exact) mass is 306 g/mol. The molecule has 0 aromatic heterocycles. The topological polar surface area (TPSA) is 49.7 Å². The summed E-state index contributed by atoms with van der Waals surface area (Å²) in [5.74, 6) is 0.0954. The number of aryl methyl sites for hydroxylation is 1. The van der Waals surface area contributed by atoms with Gasteiger partial charge < -0.3 is 14.9 Å². The van der Waals surface area contributed by atoms with E-state index in [1.165, 1.54) is 6.07 Å². The lowest BCUT2D eigenvalue weighted by Gasteiger charge is -2.16. The van der Waals surface area contributed by atoms with E-state index >= 15 is 0 Å². The number of halogens is 3. The third-order valence-electron chi connectivity index (χ3n) is 3.19. The van der Waals surface area contributed by atoms with Crippen LogP contribution in [-0.4, -0.2) is 30.0 Å². The zero-order valence-corrected chi connectivity index (χ0v) is 12.0. The van der Waals surface area contributed by atoms with Gasteiger partial charge in [0.15, 0.2) is 0 Å². The van der Waals surface area contributed by atoms with Crippen molar-refractivity contribution in [1.82, 2.24) is 0 Å². The Bertz CT molecular complexity index is 429. The molecule has 0 fully saturated rings. The van der Waals surface area contributed by atoms with Crippen LogP contribution in [0.2, 0.25) is 0 Å². The van der Waals surface area contributed by atoms with E-state index in [0.717, 1.165) is 18.6 Å². The van der Waals surface area contributed by atoms with Gasteiger partial charge in [0.2, 0.25) is 0 Å². The van der Waals surface area contributed by atoms with Gasteiger partial charge in [0.05, 0.1) is 12.2 Å². The highest BCUT2D eigenvalue weighted by atomic mass is 19.4. The first kappa shape index (κ1) is 17.8. The Labute approximate surface area is 122 Å². The molecular formula is C15H21F3O3. The molecule has 0 radical (unpaired) electrons. The van der Waals surface area contributed by atoms with Crippen molar-refractivity contribution in [3.63, 3.8) is 0 Å². The zero-order valence-electron chi connectivity index (χ0n) is 12.0. The van der Waals surface area contributed by atoms with Crippen LogP contribution in [-0.2, 0) is 12.6 Å². The fourth-order valence-electron chi connectivity index (χ4n) is 1.90. The normalized spacial score (nSPS) is 12.0. The lowest BCUT2D eigenvalue weighted by molar-refractivity contribution is -0.137. The van der Waals surface area contributed by atoms with Gasteiger partial charge in [-0.15, -0.1) is 0 Å². The predicted octanol–water partition coefficient (Wildman–Crippen LogP) is 3.03. The summed E-state index contributed by atoms with van der Waals surface area (Å²) in [6.45, 7) is 1.96. The first-order valence-electron chi connectivity index (χ1n) is 6.97. The minimum absolute atomic E-state index is 0.194. The molecule has 3 nitrogen and oxygen atoms in total. The molecule has 0 aliphatic rings. The molecule has 0 atom stereocenters. The van der Waals surface area contributed by atoms with E-state index in [1.807, 2.05) is 6.92 Å². The van der Waals surface area contributed by atoms with Crippen molar-refractivity contribution >= 4 is 0 Å². The van der Waals surface area contributed by atoms with Gasteiger partial charge in [-0.1, -0.05) is 6.92 Å². The second-order valence-electron chi connectivity index (χ2n) is 4.94. The van der Waals surface area contributed by atoms with E-state index in [4.69, 9.17) is 14.9 Å². The molecule has 0 unspecified atom stereocenters. The largest absolute Gasteiger partial charge is 0.493 e. The molecule has 0 saturated heterocycles. The van der Waals surface area contributed by atoms with Crippen LogP contribution in [0.3, 0.4) is 0 Å². The molecule has 0 spiro atoms. The maximum Gasteiger partial charge on any atom is 0.416 e. The van der Waals surface area contributed by atoms with Crippen LogP contribution < -0.4 is 4.74 Å². The first-order chi connectivity index (χ1) is 9.92. The van der Waals surface area contributed by atoms with E-state index in [2.05, 4.69) is 0 Å². The van der Waals surface area contributed by atoms with Gasteiger partial charge >= 0.3 is 6.18 Å². The van der Waals surface area contributed by atoms with Crippen molar-refractivity contribution in [2.45, 2.75) is 32.4 Å². The summed E-state index contributed by atoms with van der Waals surface area (Å²) in [6, 6.07) is 3.42. The zero-order chi connectivity index (χ0) is 15.9. The molecule has 6 heteroatoms. The smallest absolute Gasteiger partial charge is 0.416 e. The third-order valence-corrected chi connectivity index (χ3v) is 3.19. The summed E-state index contributed by atoms with van der Waals surface area (Å²) >= 11 is 0. The third kappa shape index (κ3) is 5.55. The minimum atomic E-state index is -4.40. The van der Waals surface area contributed by atoms with Gasteiger partial charge in [0, 0.05) is 19.1 Å². The average molecular weight is 306 g/mol. The summed E-state index contributed by atoms with van der Waals surface area (Å²) in [6.07, 6.45) is -2.92. The number of aliphatic hydroxyl groups excluding tert-OH is 2. The van der Waals surface area contributed by atoms with Crippen LogP contribution in [0.25, 0.3) is 0 Å². The van der Waals surface area contributed by atoms with Crippen LogP contribution in [0.1, 0.15) is 30.9 Å². The molecular weight excluding hydrogens is 285 g/mol. The van der Waals surface area contributed by atoms with Crippen LogP contribution in [0.15, 0.2) is 18.2 Å². The maximum absolute atomic E-state index is 12.8. The van der Waals surface area contributed by atoms with E-state index in [9.17, 15) is 13.2 Å². The Morgan fingerprint density at radius 3 is 2.38 bits per heavy atom. The average Bonchev–Trinajstić information content (AvgIpc) is 2.45. The summed E-state index contributed by atoms with van der Waals surface area (Å²) in [5.41, 5.74) is -0.268. The lowest BCUT2D eigenvalue weighted by Crippen LogP contribution is -2.13. The van der Waals surface area contributed by atoms with Crippen LogP contribution in [0.4, 0.5) is 13.2 Å². The fourth-order valence-corrected chi connectivity index (χ4v) is 1.90. The highest BCUT2D eigenvalue weighted by Crippen LogP contribution is 2.33. The SMILES string of the molecule is CCCOc1ccc(C(F)(F)F)cc1CCC(CO)CO. The summed E-state index contributed by atoms with van der Waals surface area (Å²) in [5, 5.41) is 18.1. The Hall–Kier alpha value is -1.27. The van der Waals surface area contributed by atoms with Gasteiger partial charge in [-0.2, -0.15) is 13.2 Å². The highest BCUT2D eigenvalue weighted by molar-refractivity contribution is 5.38. The van der Waals surface area contributed by atoms with E-state index in [1.54, 1.807) is 0 Å². The van der Waals surface area contributed by atoms with E-state index in [0.29, 0.717) is 30.8 Å². The van der Waals surface area contributed by atoms with Gasteiger partial charge in [-0.05, 0) is 43.0 Å². The Balaban J connectivity index is 2.93. The molecule has 1 rings (SSSR count). The predicted molar refractivity (Wildman–Crippen MR) is 73.2 cm³/mol. The molecule has 0 amide bonds. The molecule has 0 saturated carbocycles. The maximum atomic E-state index is 12.8. The fraction of sp³-hybridized carbons (Fsp3) is 0.600. The van der Waals surface area contributed by atoms with Gasteiger partial charge in [-0.3, -0.25) is 0 Å². The molecule has 0 bridgehead atoms. The Morgan fingerprint density at radius 2 is 1.86 bits per heavy atom. The second kappa shape index (κ2) is 8.24. The molecule has 1 aromatic carbocycles. The second-order valence-corrected chi connectivity index (χ2v) is 4.94. The van der Waals surface area contributed by atoms with Crippen molar-refractivity contribution in [3.8, 4) is 5.75 Å². The Morgan fingerprint density at radius 1 is 1.19 bits per heavy atom. The van der Waals surface area contributed by atoms with Gasteiger partial charge in [-0.25, -0.2) is 0 Å². The number of hydrogen-bond acceptors (Lipinski definition) is 3. The highest BCUT2D eigenvalue weighted by Gasteiger charge is 2.31. The molecule has 0 aliphatic carbocycles. The van der Waals surface area contributed by atoms with Crippen LogP contribution in [0.5, 0.6) is 5.75 Å². The lowest BCUT2D eigenvalue weighted by atomic mass is 9.98. The summed E-state index contributed by atoms with van der Waals surface area (Å²) in [7, 11) is 0. The molecule has 0 aliphatic heterocycles. The van der Waals surface area contributed by atoms with Crippen molar-refractivity contribution in [1.29, 1.82) is 0 Å². The molecule has 2 N–H and O–H groups in total. The van der Waals surface area contributed by atoms with Crippen LogP contribution in [0, 0.1) is 5.92 Å². The molecule has 1 aromatic rings. The van der Waals surface area contributed by atoms with Crippen molar-refractivity contribution in [3.05, 3.63) is 29.3 Å². The standard InChI is InChI=1S/C15H21F3O3/c1-2-7-21-14-6-5-13(15(16,17)18)8-12(14)4-3-11(9-19)10-20/h5-6,8,11,19-20H,2-4,7,9-10H2,1H3. The van der Waals surface area contributed by atoms with E-state index < -0.39 is 11.7 Å². The van der Waals surface area contributed by atoms with Crippen molar-refractivity contribution in [2.24, 2.45) is 5.92 Å². The van der Waals surface area contributed by atoms with Crippen LogP contribution >= 0.6 is 0 Å². The van der Waals surface area contributed by atoms with Gasteiger partial charge in [0.1, 0.15) is 5.75 Å². The molecule has 120 valence electrons. The van der Waals surface area contributed by atoms with Gasteiger partial charge in [0.25, 0.3) is 0 Å². The number of ether oxygens (including phenoxy) is 1.